The first-order chi connectivity index (χ1) is 9.82. The molecule has 5 nitrogen and oxygen atoms in total. The second kappa shape index (κ2) is 5.67. The first kappa shape index (κ1) is 15.2. The molecule has 0 fully saturated rings. The van der Waals surface area contributed by atoms with Crippen molar-refractivity contribution in [2.75, 3.05) is 12.3 Å². The highest BCUT2D eigenvalue weighted by Gasteiger charge is 2.23. The topological polar surface area (TPSA) is 72.9 Å². The molecule has 1 unspecified atom stereocenters. The molecule has 0 saturated carbocycles. The number of hydrogen-bond acceptors (Lipinski definition) is 3. The van der Waals surface area contributed by atoms with E-state index in [9.17, 15) is 13.6 Å². The average molecular weight is 296 g/mol. The molecule has 2 aromatic rings. The lowest BCUT2D eigenvalue weighted by Gasteiger charge is -2.17. The van der Waals surface area contributed by atoms with Gasteiger partial charge in [0.1, 0.15) is 11.6 Å². The number of carbonyl (C=O) groups excluding carboxylic acids is 1. The van der Waals surface area contributed by atoms with Crippen molar-refractivity contribution in [3.05, 3.63) is 23.8 Å². The first-order valence-corrected chi connectivity index (χ1v) is 6.72. The van der Waals surface area contributed by atoms with Crippen LogP contribution < -0.4 is 11.1 Å². The van der Waals surface area contributed by atoms with Crippen LogP contribution in [-0.2, 0) is 4.79 Å². The summed E-state index contributed by atoms with van der Waals surface area (Å²) in [6, 6.07) is 1.53. The number of nitrogens with zero attached hydrogens (tertiary/aromatic N) is 2. The molecular weight excluding hydrogens is 278 g/mol. The Hall–Kier alpha value is -2.18. The van der Waals surface area contributed by atoms with Crippen LogP contribution in [0.2, 0.25) is 0 Å². The van der Waals surface area contributed by atoms with Crippen molar-refractivity contribution >= 4 is 22.9 Å². The number of carbonyl (C=O) groups is 1. The monoisotopic (exact) mass is 296 g/mol. The van der Waals surface area contributed by atoms with Gasteiger partial charge >= 0.3 is 0 Å². The molecule has 1 aromatic carbocycles. The molecule has 0 radical (unpaired) electrons. The second-order valence-electron chi connectivity index (χ2n) is 5.38. The lowest BCUT2D eigenvalue weighted by atomic mass is 10.2. The number of aromatic nitrogens is 2. The van der Waals surface area contributed by atoms with E-state index >= 15 is 0 Å². The number of halogens is 2. The van der Waals surface area contributed by atoms with E-state index in [1.165, 1.54) is 10.6 Å². The molecule has 7 heteroatoms. The Bertz CT molecular complexity index is 681. The summed E-state index contributed by atoms with van der Waals surface area (Å²) in [6.45, 7) is 5.98. The molecule has 1 atom stereocenters. The van der Waals surface area contributed by atoms with Gasteiger partial charge in [0.25, 0.3) is 0 Å². The molecule has 0 aliphatic carbocycles. The molecule has 0 aliphatic rings. The predicted octanol–water partition coefficient (Wildman–Crippen LogP) is 2.23. The standard InChI is InChI=1S/C14H18F2N4O/c1-7(2)6-18-13(21)8(3)20-12-10(19-14(20)17)5-4-9(15)11(12)16/h4-5,7-8H,6H2,1-3H3,(H2,17,19)(H,18,21). The van der Waals surface area contributed by atoms with Gasteiger partial charge in [0, 0.05) is 6.54 Å². The minimum atomic E-state index is -1.06. The maximum atomic E-state index is 14.0. The third-order valence-corrected chi connectivity index (χ3v) is 3.22. The van der Waals surface area contributed by atoms with Crippen molar-refractivity contribution < 1.29 is 13.6 Å². The lowest BCUT2D eigenvalue weighted by molar-refractivity contribution is -0.123. The van der Waals surface area contributed by atoms with E-state index in [-0.39, 0.29) is 28.8 Å². The number of benzene rings is 1. The molecule has 3 N–H and O–H groups in total. The Morgan fingerprint density at radius 2 is 2.05 bits per heavy atom. The predicted molar refractivity (Wildman–Crippen MR) is 76.6 cm³/mol. The molecule has 1 amide bonds. The molecule has 1 aromatic heterocycles. The highest BCUT2D eigenvalue weighted by atomic mass is 19.2. The summed E-state index contributed by atoms with van der Waals surface area (Å²) in [5.41, 5.74) is 5.87. The lowest BCUT2D eigenvalue weighted by Crippen LogP contribution is -2.34. The fourth-order valence-electron chi connectivity index (χ4n) is 2.10. The van der Waals surface area contributed by atoms with Crippen LogP contribution >= 0.6 is 0 Å². The van der Waals surface area contributed by atoms with Crippen LogP contribution in [0.4, 0.5) is 14.7 Å². The summed E-state index contributed by atoms with van der Waals surface area (Å²) in [5.74, 6) is -2.12. The third kappa shape index (κ3) is 2.81. The van der Waals surface area contributed by atoms with Gasteiger partial charge in [-0.05, 0) is 25.0 Å². The molecule has 2 rings (SSSR count). The number of amides is 1. The van der Waals surface area contributed by atoms with Gasteiger partial charge < -0.3 is 11.1 Å². The summed E-state index contributed by atoms with van der Waals surface area (Å²) < 4.78 is 28.6. The minimum Gasteiger partial charge on any atom is -0.369 e. The number of nitrogens with one attached hydrogen (secondary N) is 1. The van der Waals surface area contributed by atoms with Crippen molar-refractivity contribution in [2.45, 2.75) is 26.8 Å². The fourth-order valence-corrected chi connectivity index (χ4v) is 2.10. The van der Waals surface area contributed by atoms with Crippen molar-refractivity contribution in [3.63, 3.8) is 0 Å². The summed E-state index contributed by atoms with van der Waals surface area (Å²) in [7, 11) is 0. The third-order valence-electron chi connectivity index (χ3n) is 3.22. The highest BCUT2D eigenvalue weighted by molar-refractivity contribution is 5.85. The molecule has 0 spiro atoms. The molecule has 21 heavy (non-hydrogen) atoms. The number of imidazole rings is 1. The number of nitrogens with two attached hydrogens (primary N) is 1. The summed E-state index contributed by atoms with van der Waals surface area (Å²) in [4.78, 5) is 16.1. The van der Waals surface area contributed by atoms with E-state index in [4.69, 9.17) is 5.73 Å². The van der Waals surface area contributed by atoms with Gasteiger partial charge in [-0.1, -0.05) is 13.8 Å². The van der Waals surface area contributed by atoms with Crippen LogP contribution in [-0.4, -0.2) is 22.0 Å². The Morgan fingerprint density at radius 1 is 1.38 bits per heavy atom. The molecule has 0 aliphatic heterocycles. The van der Waals surface area contributed by atoms with Gasteiger partial charge in [0.2, 0.25) is 11.9 Å². The summed E-state index contributed by atoms with van der Waals surface area (Å²) in [5, 5.41) is 2.74. The first-order valence-electron chi connectivity index (χ1n) is 6.72. The van der Waals surface area contributed by atoms with Crippen LogP contribution in [0.15, 0.2) is 12.1 Å². The van der Waals surface area contributed by atoms with Crippen molar-refractivity contribution in [1.29, 1.82) is 0 Å². The Labute approximate surface area is 121 Å². The number of fused-ring (bicyclic) bond motifs is 1. The Morgan fingerprint density at radius 3 is 2.67 bits per heavy atom. The van der Waals surface area contributed by atoms with Crippen LogP contribution in [0.1, 0.15) is 26.8 Å². The van der Waals surface area contributed by atoms with E-state index in [1.807, 2.05) is 13.8 Å². The van der Waals surface area contributed by atoms with Crippen LogP contribution in [0.3, 0.4) is 0 Å². The quantitative estimate of drug-likeness (QED) is 0.908. The van der Waals surface area contributed by atoms with Crippen LogP contribution in [0, 0.1) is 17.6 Å². The molecule has 0 saturated heterocycles. The van der Waals surface area contributed by atoms with Crippen LogP contribution in [0.5, 0.6) is 0 Å². The Kier molecular flexibility index (Phi) is 4.11. The zero-order valence-electron chi connectivity index (χ0n) is 12.2. The molecular formula is C14H18F2N4O. The molecule has 0 bridgehead atoms. The number of hydrogen-bond donors (Lipinski definition) is 2. The van der Waals surface area contributed by atoms with Gasteiger partial charge in [-0.2, -0.15) is 0 Å². The van der Waals surface area contributed by atoms with Crippen molar-refractivity contribution in [2.24, 2.45) is 5.92 Å². The van der Waals surface area contributed by atoms with E-state index < -0.39 is 17.7 Å². The minimum absolute atomic E-state index is 0.0262. The summed E-state index contributed by atoms with van der Waals surface area (Å²) >= 11 is 0. The van der Waals surface area contributed by atoms with Crippen molar-refractivity contribution in [3.8, 4) is 0 Å². The van der Waals surface area contributed by atoms with E-state index in [0.717, 1.165) is 6.07 Å². The zero-order valence-corrected chi connectivity index (χ0v) is 12.2. The normalized spacial score (nSPS) is 12.9. The van der Waals surface area contributed by atoms with E-state index in [1.54, 1.807) is 6.92 Å². The van der Waals surface area contributed by atoms with Crippen LogP contribution in [0.25, 0.3) is 11.0 Å². The highest BCUT2D eigenvalue weighted by Crippen LogP contribution is 2.26. The second-order valence-corrected chi connectivity index (χ2v) is 5.38. The van der Waals surface area contributed by atoms with Crippen molar-refractivity contribution in [1.82, 2.24) is 14.9 Å². The maximum absolute atomic E-state index is 14.0. The summed E-state index contributed by atoms with van der Waals surface area (Å²) in [6.07, 6.45) is 0. The van der Waals surface area contributed by atoms with E-state index in [2.05, 4.69) is 10.3 Å². The van der Waals surface area contributed by atoms with Gasteiger partial charge in [0.15, 0.2) is 11.6 Å². The Balaban J connectivity index is 2.43. The zero-order chi connectivity index (χ0) is 15.7. The molecule has 114 valence electrons. The number of rotatable bonds is 4. The maximum Gasteiger partial charge on any atom is 0.242 e. The van der Waals surface area contributed by atoms with Gasteiger partial charge in [0.05, 0.1) is 5.52 Å². The fraction of sp³-hybridized carbons (Fsp3) is 0.429. The number of nitrogen functional groups attached to an aromatic ring is 1. The SMILES string of the molecule is CC(C)CNC(=O)C(C)n1c(N)nc2ccc(F)c(F)c21. The van der Waals surface area contributed by atoms with Gasteiger partial charge in [-0.25, -0.2) is 13.8 Å². The largest absolute Gasteiger partial charge is 0.369 e. The smallest absolute Gasteiger partial charge is 0.242 e. The van der Waals surface area contributed by atoms with Gasteiger partial charge in [-0.3, -0.25) is 9.36 Å². The number of anilines is 1. The van der Waals surface area contributed by atoms with Gasteiger partial charge in [-0.15, -0.1) is 0 Å². The average Bonchev–Trinajstić information content (AvgIpc) is 2.76. The van der Waals surface area contributed by atoms with E-state index in [0.29, 0.717) is 6.54 Å². The molecule has 1 heterocycles.